The SMILES string of the molecule is C=C(O/N=C(\C)c1ccc(CCc2ccc(C(C)(C)C)cc2)c(C(F)(F)F)c1)C(C)CCCC. The van der Waals surface area contributed by atoms with E-state index in [1.807, 2.05) is 19.1 Å². The van der Waals surface area contributed by atoms with E-state index in [1.165, 1.54) is 11.6 Å². The first kappa shape index (κ1) is 27.7. The van der Waals surface area contributed by atoms with Crippen LogP contribution in [0.4, 0.5) is 13.2 Å². The standard InChI is InChI=1S/C29H38F3NO/c1-8-9-10-20(2)22(4)34-33-21(3)25-16-15-24(27(19-25)29(30,31)32)14-11-23-12-17-26(18-13-23)28(5,6)7/h12-13,15-20H,4,8-11,14H2,1-3,5-7H3/b33-21+. The first-order chi connectivity index (χ1) is 15.8. The van der Waals surface area contributed by atoms with Crippen molar-refractivity contribution >= 4 is 5.71 Å². The molecule has 0 aliphatic carbocycles. The van der Waals surface area contributed by atoms with Crippen LogP contribution in [0.5, 0.6) is 0 Å². The lowest BCUT2D eigenvalue weighted by Crippen LogP contribution is -2.12. The van der Waals surface area contributed by atoms with Crippen LogP contribution < -0.4 is 0 Å². The number of aryl methyl sites for hydroxylation is 2. The molecular weight excluding hydrogens is 435 g/mol. The van der Waals surface area contributed by atoms with Crippen LogP contribution in [0.1, 0.15) is 88.6 Å². The molecule has 34 heavy (non-hydrogen) atoms. The van der Waals surface area contributed by atoms with Crippen molar-refractivity contribution in [3.63, 3.8) is 0 Å². The fraction of sp³-hybridized carbons (Fsp3) is 0.483. The van der Waals surface area contributed by atoms with Gasteiger partial charge in [-0.1, -0.05) is 95.6 Å². The number of unbranched alkanes of at least 4 members (excludes halogenated alkanes) is 1. The summed E-state index contributed by atoms with van der Waals surface area (Å²) in [5.41, 5.74) is 2.70. The molecule has 2 aromatic carbocycles. The molecule has 2 rings (SSSR count). The van der Waals surface area contributed by atoms with Gasteiger partial charge in [0.2, 0.25) is 0 Å². The fourth-order valence-electron chi connectivity index (χ4n) is 3.67. The Labute approximate surface area is 202 Å². The van der Waals surface area contributed by atoms with Gasteiger partial charge in [-0.25, -0.2) is 0 Å². The Morgan fingerprint density at radius 1 is 1.03 bits per heavy atom. The third kappa shape index (κ3) is 8.03. The number of nitrogens with zero attached hydrogens (tertiary/aromatic N) is 1. The number of hydrogen-bond acceptors (Lipinski definition) is 2. The lowest BCUT2D eigenvalue weighted by atomic mass is 9.86. The van der Waals surface area contributed by atoms with Crippen molar-refractivity contribution in [3.8, 4) is 0 Å². The van der Waals surface area contributed by atoms with Crippen LogP contribution in [0.15, 0.2) is 60.0 Å². The highest BCUT2D eigenvalue weighted by atomic mass is 19.4. The molecule has 1 atom stereocenters. The van der Waals surface area contributed by atoms with Crippen LogP contribution in [-0.2, 0) is 29.3 Å². The average molecular weight is 474 g/mol. The Morgan fingerprint density at radius 3 is 2.24 bits per heavy atom. The lowest BCUT2D eigenvalue weighted by molar-refractivity contribution is -0.138. The van der Waals surface area contributed by atoms with E-state index in [9.17, 15) is 13.2 Å². The van der Waals surface area contributed by atoms with Crippen molar-refractivity contribution in [1.29, 1.82) is 0 Å². The Kier molecular flexibility index (Phi) is 9.54. The van der Waals surface area contributed by atoms with Crippen LogP contribution in [0.25, 0.3) is 0 Å². The highest BCUT2D eigenvalue weighted by Crippen LogP contribution is 2.34. The van der Waals surface area contributed by atoms with E-state index in [2.05, 4.69) is 51.6 Å². The summed E-state index contributed by atoms with van der Waals surface area (Å²) in [6, 6.07) is 12.5. The molecule has 0 radical (unpaired) electrons. The zero-order valence-electron chi connectivity index (χ0n) is 21.4. The lowest BCUT2D eigenvalue weighted by Gasteiger charge is -2.19. The number of oxime groups is 1. The molecule has 0 aromatic heterocycles. The number of rotatable bonds is 10. The second-order valence-electron chi connectivity index (χ2n) is 10.1. The monoisotopic (exact) mass is 473 g/mol. The van der Waals surface area contributed by atoms with E-state index in [-0.39, 0.29) is 16.9 Å². The van der Waals surface area contributed by atoms with Gasteiger partial charge < -0.3 is 4.84 Å². The van der Waals surface area contributed by atoms with Gasteiger partial charge in [0.25, 0.3) is 0 Å². The van der Waals surface area contributed by atoms with Crippen molar-refractivity contribution in [2.45, 2.75) is 85.2 Å². The largest absolute Gasteiger partial charge is 0.416 e. The number of halogens is 3. The van der Waals surface area contributed by atoms with Crippen molar-refractivity contribution in [2.75, 3.05) is 0 Å². The molecule has 0 saturated heterocycles. The summed E-state index contributed by atoms with van der Waals surface area (Å²) in [4.78, 5) is 5.42. The highest BCUT2D eigenvalue weighted by Gasteiger charge is 2.33. The smallest absolute Gasteiger partial charge is 0.362 e. The Balaban J connectivity index is 2.16. The Hall–Kier alpha value is -2.56. The Bertz CT molecular complexity index is 982. The van der Waals surface area contributed by atoms with Crippen molar-refractivity contribution < 1.29 is 18.0 Å². The zero-order valence-corrected chi connectivity index (χ0v) is 21.4. The molecule has 2 nitrogen and oxygen atoms in total. The summed E-state index contributed by atoms with van der Waals surface area (Å²) in [6.45, 7) is 16.1. The van der Waals surface area contributed by atoms with E-state index < -0.39 is 11.7 Å². The maximum atomic E-state index is 13.9. The first-order valence-electron chi connectivity index (χ1n) is 12.0. The topological polar surface area (TPSA) is 21.6 Å². The van der Waals surface area contributed by atoms with Gasteiger partial charge in [-0.15, -0.1) is 0 Å². The summed E-state index contributed by atoms with van der Waals surface area (Å²) in [6.07, 6.45) is -0.518. The van der Waals surface area contributed by atoms with Gasteiger partial charge in [-0.3, -0.25) is 0 Å². The minimum absolute atomic E-state index is 0.0425. The molecule has 0 fully saturated rings. The molecule has 0 N–H and O–H groups in total. The number of benzene rings is 2. The second kappa shape index (κ2) is 11.7. The maximum Gasteiger partial charge on any atom is 0.416 e. The highest BCUT2D eigenvalue weighted by molar-refractivity contribution is 5.98. The molecular formula is C29H38F3NO. The summed E-state index contributed by atoms with van der Waals surface area (Å²) in [7, 11) is 0. The van der Waals surface area contributed by atoms with Crippen LogP contribution in [0.2, 0.25) is 0 Å². The fourth-order valence-corrected chi connectivity index (χ4v) is 3.67. The maximum absolute atomic E-state index is 13.9. The van der Waals surface area contributed by atoms with Gasteiger partial charge in [-0.2, -0.15) is 13.2 Å². The van der Waals surface area contributed by atoms with Crippen LogP contribution in [0.3, 0.4) is 0 Å². The molecule has 186 valence electrons. The molecule has 0 spiro atoms. The molecule has 2 aromatic rings. The van der Waals surface area contributed by atoms with Crippen LogP contribution in [0, 0.1) is 5.92 Å². The first-order valence-corrected chi connectivity index (χ1v) is 12.0. The minimum atomic E-state index is -4.44. The van der Waals surface area contributed by atoms with E-state index in [0.717, 1.165) is 24.8 Å². The van der Waals surface area contributed by atoms with Crippen LogP contribution in [-0.4, -0.2) is 5.71 Å². The molecule has 0 aliphatic rings. The van der Waals surface area contributed by atoms with Gasteiger partial charge in [0.15, 0.2) is 0 Å². The molecule has 1 unspecified atom stereocenters. The quantitative estimate of drug-likeness (QED) is 0.192. The number of hydrogen-bond donors (Lipinski definition) is 0. The zero-order chi connectivity index (χ0) is 25.5. The Morgan fingerprint density at radius 2 is 1.68 bits per heavy atom. The van der Waals surface area contributed by atoms with Gasteiger partial charge >= 0.3 is 6.18 Å². The minimum Gasteiger partial charge on any atom is -0.362 e. The summed E-state index contributed by atoms with van der Waals surface area (Å²) in [5.74, 6) is 0.667. The van der Waals surface area contributed by atoms with Gasteiger partial charge in [0, 0.05) is 5.92 Å². The molecule has 5 heteroatoms. The van der Waals surface area contributed by atoms with Gasteiger partial charge in [0.1, 0.15) is 5.76 Å². The van der Waals surface area contributed by atoms with E-state index in [0.29, 0.717) is 29.9 Å². The molecule has 0 aliphatic heterocycles. The second-order valence-corrected chi connectivity index (χ2v) is 10.1. The summed E-state index contributed by atoms with van der Waals surface area (Å²) < 4.78 is 41.6. The summed E-state index contributed by atoms with van der Waals surface area (Å²) in [5, 5.41) is 4.05. The predicted molar refractivity (Wildman–Crippen MR) is 135 cm³/mol. The van der Waals surface area contributed by atoms with E-state index in [1.54, 1.807) is 19.1 Å². The van der Waals surface area contributed by atoms with Gasteiger partial charge in [-0.05, 0) is 59.9 Å². The summed E-state index contributed by atoms with van der Waals surface area (Å²) >= 11 is 0. The van der Waals surface area contributed by atoms with Crippen molar-refractivity contribution in [3.05, 3.63) is 82.6 Å². The van der Waals surface area contributed by atoms with E-state index >= 15 is 0 Å². The van der Waals surface area contributed by atoms with Crippen molar-refractivity contribution in [2.24, 2.45) is 11.1 Å². The molecule has 0 saturated carbocycles. The normalized spacial score (nSPS) is 13.6. The van der Waals surface area contributed by atoms with Crippen molar-refractivity contribution in [1.82, 2.24) is 0 Å². The average Bonchev–Trinajstić information content (AvgIpc) is 2.78. The van der Waals surface area contributed by atoms with E-state index in [4.69, 9.17) is 4.84 Å². The van der Waals surface area contributed by atoms with Crippen LogP contribution >= 0.6 is 0 Å². The predicted octanol–water partition coefficient (Wildman–Crippen LogP) is 8.87. The van der Waals surface area contributed by atoms with Gasteiger partial charge in [0.05, 0.1) is 11.3 Å². The molecule has 0 bridgehead atoms. The molecule has 0 heterocycles. The third-order valence-electron chi connectivity index (χ3n) is 6.18. The number of allylic oxidation sites excluding steroid dienone is 1. The third-order valence-corrected chi connectivity index (χ3v) is 6.18. The molecule has 0 amide bonds. The number of alkyl halides is 3.